The lowest BCUT2D eigenvalue weighted by molar-refractivity contribution is -0.119. The van der Waals surface area contributed by atoms with Gasteiger partial charge in [0.2, 0.25) is 5.91 Å². The molecular weight excluding hydrogens is 261 g/mol. The second kappa shape index (κ2) is 4.31. The smallest absolute Gasteiger partial charge is 0.226 e. The number of nitrogens with zero attached hydrogens (tertiary/aromatic N) is 1. The van der Waals surface area contributed by atoms with Gasteiger partial charge in [-0.1, -0.05) is 0 Å². The molecule has 15 heavy (non-hydrogen) atoms. The quantitative estimate of drug-likeness (QED) is 0.769. The fraction of sp³-hybridized carbons (Fsp3) is 0.364. The third-order valence-corrected chi connectivity index (χ3v) is 3.18. The summed E-state index contributed by atoms with van der Waals surface area (Å²) < 4.78 is 13.7. The highest BCUT2D eigenvalue weighted by molar-refractivity contribution is 9.10. The van der Waals surface area contributed by atoms with Crippen molar-refractivity contribution in [3.05, 3.63) is 28.5 Å². The Kier molecular flexibility index (Phi) is 3.05. The van der Waals surface area contributed by atoms with Crippen LogP contribution >= 0.6 is 15.9 Å². The number of carbonyl (C=O) groups excluding carboxylic acids is 1. The lowest BCUT2D eigenvalue weighted by Gasteiger charge is -2.26. The number of benzene rings is 1. The number of hydrogen-bond donors (Lipinski definition) is 0. The minimum absolute atomic E-state index is 0.0861. The maximum Gasteiger partial charge on any atom is 0.226 e. The highest BCUT2D eigenvalue weighted by Crippen LogP contribution is 2.25. The Morgan fingerprint density at radius 1 is 1.33 bits per heavy atom. The summed E-state index contributed by atoms with van der Waals surface area (Å²) in [6.45, 7) is 0.694. The van der Waals surface area contributed by atoms with Crippen molar-refractivity contribution in [3.8, 4) is 0 Å². The molecule has 4 heteroatoms. The minimum atomic E-state index is -0.328. The molecule has 0 radical (unpaired) electrons. The van der Waals surface area contributed by atoms with Crippen molar-refractivity contribution in [2.24, 2.45) is 0 Å². The van der Waals surface area contributed by atoms with Gasteiger partial charge in [0.15, 0.2) is 0 Å². The van der Waals surface area contributed by atoms with Gasteiger partial charge in [-0.3, -0.25) is 4.79 Å². The summed E-state index contributed by atoms with van der Waals surface area (Å²) in [5, 5.41) is 0. The van der Waals surface area contributed by atoms with E-state index < -0.39 is 0 Å². The van der Waals surface area contributed by atoms with Crippen LogP contribution in [0.4, 0.5) is 10.1 Å². The Bertz CT molecular complexity index is 394. The van der Waals surface area contributed by atoms with Crippen LogP contribution in [0, 0.1) is 5.82 Å². The summed E-state index contributed by atoms with van der Waals surface area (Å²) in [5.41, 5.74) is 0.653. The molecule has 0 spiro atoms. The van der Waals surface area contributed by atoms with Gasteiger partial charge in [0, 0.05) is 18.7 Å². The Morgan fingerprint density at radius 2 is 2.13 bits per heavy atom. The Labute approximate surface area is 96.2 Å². The monoisotopic (exact) mass is 271 g/mol. The molecule has 1 amide bonds. The number of amides is 1. The molecule has 1 saturated heterocycles. The van der Waals surface area contributed by atoms with Crippen molar-refractivity contribution in [1.29, 1.82) is 0 Å². The molecule has 2 rings (SSSR count). The van der Waals surface area contributed by atoms with Crippen molar-refractivity contribution in [2.45, 2.75) is 19.3 Å². The van der Waals surface area contributed by atoms with E-state index in [0.29, 0.717) is 23.1 Å². The molecule has 1 aromatic rings. The lowest BCUT2D eigenvalue weighted by atomic mass is 10.1. The highest BCUT2D eigenvalue weighted by Gasteiger charge is 2.20. The summed E-state index contributed by atoms with van der Waals surface area (Å²) in [4.78, 5) is 13.2. The standard InChI is InChI=1S/C11H11BrFNO/c12-9-5-4-8(7-10(9)13)14-6-2-1-3-11(14)15/h4-5,7H,1-3,6H2. The van der Waals surface area contributed by atoms with Crippen LogP contribution < -0.4 is 4.90 Å². The van der Waals surface area contributed by atoms with Crippen LogP contribution in [0.2, 0.25) is 0 Å². The van der Waals surface area contributed by atoms with Gasteiger partial charge in [-0.2, -0.15) is 0 Å². The average molecular weight is 272 g/mol. The van der Waals surface area contributed by atoms with E-state index in [9.17, 15) is 9.18 Å². The molecule has 1 aliphatic rings. The summed E-state index contributed by atoms with van der Waals surface area (Å²) >= 11 is 3.09. The molecule has 1 aromatic carbocycles. The van der Waals surface area contributed by atoms with Crippen LogP contribution in [-0.4, -0.2) is 12.5 Å². The van der Waals surface area contributed by atoms with Gasteiger partial charge >= 0.3 is 0 Å². The first-order chi connectivity index (χ1) is 7.18. The third kappa shape index (κ3) is 2.20. The second-order valence-corrected chi connectivity index (χ2v) is 4.46. The van der Waals surface area contributed by atoms with E-state index in [0.717, 1.165) is 12.8 Å². The average Bonchev–Trinajstić information content (AvgIpc) is 2.23. The number of piperidine rings is 1. The van der Waals surface area contributed by atoms with Crippen LogP contribution in [0.5, 0.6) is 0 Å². The second-order valence-electron chi connectivity index (χ2n) is 3.60. The molecule has 1 fully saturated rings. The lowest BCUT2D eigenvalue weighted by Crippen LogP contribution is -2.35. The van der Waals surface area contributed by atoms with E-state index in [4.69, 9.17) is 0 Å². The molecule has 0 aromatic heterocycles. The fourth-order valence-electron chi connectivity index (χ4n) is 1.73. The number of carbonyl (C=O) groups is 1. The van der Waals surface area contributed by atoms with E-state index in [1.165, 1.54) is 6.07 Å². The molecule has 1 heterocycles. The molecule has 80 valence electrons. The predicted octanol–water partition coefficient (Wildman–Crippen LogP) is 3.11. The van der Waals surface area contributed by atoms with Gasteiger partial charge in [0.1, 0.15) is 5.82 Å². The Hall–Kier alpha value is -0.900. The molecule has 1 aliphatic heterocycles. The van der Waals surface area contributed by atoms with Gasteiger partial charge in [-0.05, 0) is 47.0 Å². The molecule has 0 unspecified atom stereocenters. The summed E-state index contributed by atoms with van der Waals surface area (Å²) in [6, 6.07) is 4.79. The molecule has 0 bridgehead atoms. The van der Waals surface area contributed by atoms with Crippen molar-refractivity contribution in [3.63, 3.8) is 0 Å². The van der Waals surface area contributed by atoms with Crippen molar-refractivity contribution >= 4 is 27.5 Å². The van der Waals surface area contributed by atoms with Crippen molar-refractivity contribution in [1.82, 2.24) is 0 Å². The molecule has 0 atom stereocenters. The highest BCUT2D eigenvalue weighted by atomic mass is 79.9. The summed E-state index contributed by atoms with van der Waals surface area (Å²) in [5.74, 6) is -0.242. The van der Waals surface area contributed by atoms with Gasteiger partial charge < -0.3 is 4.90 Å². The maximum absolute atomic E-state index is 13.3. The zero-order valence-electron chi connectivity index (χ0n) is 8.17. The van der Waals surface area contributed by atoms with E-state index in [2.05, 4.69) is 15.9 Å². The minimum Gasteiger partial charge on any atom is -0.312 e. The SMILES string of the molecule is O=C1CCCCN1c1ccc(Br)c(F)c1. The zero-order valence-corrected chi connectivity index (χ0v) is 9.76. The van der Waals surface area contributed by atoms with E-state index in [1.54, 1.807) is 17.0 Å². The molecule has 2 nitrogen and oxygen atoms in total. The van der Waals surface area contributed by atoms with Crippen molar-refractivity contribution < 1.29 is 9.18 Å². The number of rotatable bonds is 1. The molecule has 0 N–H and O–H groups in total. The summed E-state index contributed by atoms with van der Waals surface area (Å²) in [7, 11) is 0. The van der Waals surface area contributed by atoms with E-state index in [1.807, 2.05) is 0 Å². The Morgan fingerprint density at radius 3 is 2.80 bits per heavy atom. The van der Waals surface area contributed by atoms with Crippen LogP contribution in [-0.2, 0) is 4.79 Å². The number of halogens is 2. The van der Waals surface area contributed by atoms with E-state index in [-0.39, 0.29) is 11.7 Å². The largest absolute Gasteiger partial charge is 0.312 e. The number of hydrogen-bond acceptors (Lipinski definition) is 1. The van der Waals surface area contributed by atoms with Gasteiger partial charge in [-0.25, -0.2) is 4.39 Å². The van der Waals surface area contributed by atoms with Gasteiger partial charge in [0.25, 0.3) is 0 Å². The molecular formula is C11H11BrFNO. The van der Waals surface area contributed by atoms with E-state index >= 15 is 0 Å². The van der Waals surface area contributed by atoms with Crippen molar-refractivity contribution in [2.75, 3.05) is 11.4 Å². The van der Waals surface area contributed by atoms with Crippen LogP contribution in [0.3, 0.4) is 0 Å². The summed E-state index contributed by atoms with van der Waals surface area (Å²) in [6.07, 6.45) is 2.50. The molecule has 0 saturated carbocycles. The predicted molar refractivity (Wildman–Crippen MR) is 60.3 cm³/mol. The topological polar surface area (TPSA) is 20.3 Å². The maximum atomic E-state index is 13.3. The van der Waals surface area contributed by atoms with Crippen LogP contribution in [0.1, 0.15) is 19.3 Å². The first-order valence-corrected chi connectivity index (χ1v) is 5.73. The third-order valence-electron chi connectivity index (χ3n) is 2.54. The first kappa shape index (κ1) is 10.6. The van der Waals surface area contributed by atoms with Gasteiger partial charge in [0.05, 0.1) is 4.47 Å². The number of anilines is 1. The van der Waals surface area contributed by atoms with Gasteiger partial charge in [-0.15, -0.1) is 0 Å². The normalized spacial score (nSPS) is 16.9. The van der Waals surface area contributed by atoms with Crippen LogP contribution in [0.25, 0.3) is 0 Å². The zero-order chi connectivity index (χ0) is 10.8. The van der Waals surface area contributed by atoms with Crippen LogP contribution in [0.15, 0.2) is 22.7 Å². The fourth-order valence-corrected chi connectivity index (χ4v) is 1.98. The first-order valence-electron chi connectivity index (χ1n) is 4.94. The Balaban J connectivity index is 2.28. The molecule has 0 aliphatic carbocycles.